The Morgan fingerprint density at radius 1 is 1.42 bits per heavy atom. The number of nitrogens with zero attached hydrogens (tertiary/aromatic N) is 2. The molecule has 0 spiro atoms. The second-order valence-corrected chi connectivity index (χ2v) is 6.92. The summed E-state index contributed by atoms with van der Waals surface area (Å²) in [6, 6.07) is 11.0. The number of fused-ring (bicyclic) bond motifs is 1. The molecule has 0 aliphatic heterocycles. The number of hydrogen-bond acceptors (Lipinski definition) is 6. The van der Waals surface area contributed by atoms with Crippen LogP contribution >= 0.6 is 27.7 Å². The number of rotatable bonds is 6. The van der Waals surface area contributed by atoms with Gasteiger partial charge >= 0.3 is 0 Å². The van der Waals surface area contributed by atoms with E-state index in [1.165, 1.54) is 25.1 Å². The van der Waals surface area contributed by atoms with Crippen LogP contribution in [0.5, 0.6) is 11.5 Å². The van der Waals surface area contributed by atoms with Crippen LogP contribution in [0.25, 0.3) is 11.0 Å². The number of halogens is 1. The fraction of sp³-hybridized carbons (Fsp3) is 0.118. The van der Waals surface area contributed by atoms with Crippen molar-refractivity contribution in [3.05, 3.63) is 46.4 Å². The number of para-hydroxylation sites is 2. The lowest BCUT2D eigenvalue weighted by atomic mass is 10.2. The Kier molecular flexibility index (Phi) is 5.79. The maximum atomic E-state index is 11.9. The first-order valence-electron chi connectivity index (χ1n) is 7.53. The van der Waals surface area contributed by atoms with Gasteiger partial charge in [-0.3, -0.25) is 4.79 Å². The molecule has 0 bridgehead atoms. The van der Waals surface area contributed by atoms with Crippen LogP contribution in [0.3, 0.4) is 0 Å². The fourth-order valence-corrected chi connectivity index (χ4v) is 3.27. The number of methoxy groups -OCH3 is 1. The molecule has 0 saturated heterocycles. The Balaban J connectivity index is 1.55. The first-order chi connectivity index (χ1) is 12.6. The molecule has 1 aromatic heterocycles. The number of aromatic amines is 1. The number of phenolic OH excluding ortho intramolecular Hbond substituents is 1. The molecule has 0 fully saturated rings. The number of aromatic nitrogens is 2. The molecule has 3 N–H and O–H groups in total. The lowest BCUT2D eigenvalue weighted by molar-refractivity contribution is -0.118. The lowest BCUT2D eigenvalue weighted by Crippen LogP contribution is -2.19. The summed E-state index contributed by atoms with van der Waals surface area (Å²) in [5.41, 5.74) is 4.84. The number of nitrogens with one attached hydrogen (secondary N) is 2. The van der Waals surface area contributed by atoms with Gasteiger partial charge in [-0.2, -0.15) is 5.10 Å². The second kappa shape index (κ2) is 8.24. The molecule has 2 aromatic carbocycles. The zero-order chi connectivity index (χ0) is 18.5. The Hall–Kier alpha value is -2.52. The summed E-state index contributed by atoms with van der Waals surface area (Å²) in [5, 5.41) is 14.5. The van der Waals surface area contributed by atoms with E-state index in [9.17, 15) is 9.90 Å². The number of aromatic hydroxyl groups is 1. The smallest absolute Gasteiger partial charge is 0.250 e. The summed E-state index contributed by atoms with van der Waals surface area (Å²) in [7, 11) is 1.47. The number of carbonyl (C=O) groups excluding carboxylic acids is 1. The van der Waals surface area contributed by atoms with Crippen LogP contribution in [0.15, 0.2) is 51.1 Å². The summed E-state index contributed by atoms with van der Waals surface area (Å²) >= 11 is 4.56. The minimum absolute atomic E-state index is 0.0248. The van der Waals surface area contributed by atoms with E-state index >= 15 is 0 Å². The standard InChI is InChI=1S/C17H15BrN4O3S/c1-25-13-7-6-10(15(18)16(13)24)8-19-22-14(23)9-26-17-20-11-4-2-3-5-12(11)21-17/h2-8,24H,9H2,1H3,(H,20,21)(H,22,23)/b19-8+. The van der Waals surface area contributed by atoms with Gasteiger partial charge in [0.25, 0.3) is 5.91 Å². The number of thioether (sulfide) groups is 1. The van der Waals surface area contributed by atoms with Gasteiger partial charge in [0.2, 0.25) is 0 Å². The highest BCUT2D eigenvalue weighted by atomic mass is 79.9. The van der Waals surface area contributed by atoms with Crippen LogP contribution in [0.1, 0.15) is 5.56 Å². The Bertz CT molecular complexity index is 941. The van der Waals surface area contributed by atoms with Gasteiger partial charge in [-0.25, -0.2) is 10.4 Å². The minimum Gasteiger partial charge on any atom is -0.503 e. The molecule has 134 valence electrons. The summed E-state index contributed by atoms with van der Waals surface area (Å²) in [5.74, 6) is 0.232. The van der Waals surface area contributed by atoms with Crippen molar-refractivity contribution in [1.29, 1.82) is 0 Å². The highest BCUT2D eigenvalue weighted by molar-refractivity contribution is 9.10. The van der Waals surface area contributed by atoms with Gasteiger partial charge in [-0.15, -0.1) is 0 Å². The highest BCUT2D eigenvalue weighted by Crippen LogP contribution is 2.35. The van der Waals surface area contributed by atoms with Gasteiger partial charge in [0.05, 0.1) is 34.6 Å². The van der Waals surface area contributed by atoms with Crippen LogP contribution in [0.4, 0.5) is 0 Å². The predicted molar refractivity (Wildman–Crippen MR) is 105 cm³/mol. The molecule has 0 saturated carbocycles. The fourth-order valence-electron chi connectivity index (χ4n) is 2.16. The SMILES string of the molecule is COc1ccc(/C=N/NC(=O)CSc2nc3ccccc3[nH]2)c(Br)c1O. The molecular formula is C17H15BrN4O3S. The van der Waals surface area contributed by atoms with Gasteiger partial charge in [0.15, 0.2) is 16.7 Å². The van der Waals surface area contributed by atoms with Crippen molar-refractivity contribution in [1.82, 2.24) is 15.4 Å². The number of amides is 1. The molecule has 7 nitrogen and oxygen atoms in total. The van der Waals surface area contributed by atoms with Gasteiger partial charge in [-0.1, -0.05) is 23.9 Å². The average Bonchev–Trinajstić information content (AvgIpc) is 3.06. The van der Waals surface area contributed by atoms with Crippen molar-refractivity contribution >= 4 is 50.8 Å². The van der Waals surface area contributed by atoms with Crippen LogP contribution in [0.2, 0.25) is 0 Å². The molecule has 3 aromatic rings. The predicted octanol–water partition coefficient (Wildman–Crippen LogP) is 3.28. The normalized spacial score (nSPS) is 11.2. The van der Waals surface area contributed by atoms with Crippen molar-refractivity contribution in [2.24, 2.45) is 5.10 Å². The van der Waals surface area contributed by atoms with Crippen LogP contribution in [-0.4, -0.2) is 40.1 Å². The van der Waals surface area contributed by atoms with Crippen molar-refractivity contribution in [2.75, 3.05) is 12.9 Å². The first-order valence-corrected chi connectivity index (χ1v) is 9.31. The molecule has 9 heteroatoms. The first kappa shape index (κ1) is 18.3. The number of carbonyl (C=O) groups is 1. The maximum Gasteiger partial charge on any atom is 0.250 e. The van der Waals surface area contributed by atoms with E-state index in [-0.39, 0.29) is 17.4 Å². The third kappa shape index (κ3) is 4.17. The lowest BCUT2D eigenvalue weighted by Gasteiger charge is -2.06. The summed E-state index contributed by atoms with van der Waals surface area (Å²) < 4.78 is 5.45. The van der Waals surface area contributed by atoms with Crippen molar-refractivity contribution in [3.63, 3.8) is 0 Å². The monoisotopic (exact) mass is 434 g/mol. The molecule has 3 rings (SSSR count). The minimum atomic E-state index is -0.263. The molecular weight excluding hydrogens is 420 g/mol. The largest absolute Gasteiger partial charge is 0.503 e. The van der Waals surface area contributed by atoms with Gasteiger partial charge in [0.1, 0.15) is 0 Å². The Morgan fingerprint density at radius 2 is 2.23 bits per heavy atom. The van der Waals surface area contributed by atoms with E-state index in [0.717, 1.165) is 11.0 Å². The van der Waals surface area contributed by atoms with E-state index < -0.39 is 0 Å². The second-order valence-electron chi connectivity index (χ2n) is 5.16. The summed E-state index contributed by atoms with van der Waals surface area (Å²) in [4.78, 5) is 19.4. The molecule has 0 aliphatic carbocycles. The average molecular weight is 435 g/mol. The van der Waals surface area contributed by atoms with E-state index in [1.807, 2.05) is 24.3 Å². The van der Waals surface area contributed by atoms with Gasteiger partial charge in [-0.05, 0) is 40.2 Å². The zero-order valence-corrected chi connectivity index (χ0v) is 16.1. The Labute approximate surface area is 162 Å². The molecule has 0 unspecified atom stereocenters. The third-order valence-electron chi connectivity index (χ3n) is 3.43. The van der Waals surface area contributed by atoms with E-state index in [0.29, 0.717) is 20.9 Å². The van der Waals surface area contributed by atoms with E-state index in [2.05, 4.69) is 36.4 Å². The van der Waals surface area contributed by atoms with Crippen LogP contribution in [-0.2, 0) is 4.79 Å². The number of ether oxygens (including phenoxy) is 1. The van der Waals surface area contributed by atoms with Gasteiger partial charge in [0, 0.05) is 5.56 Å². The van der Waals surface area contributed by atoms with Crippen LogP contribution in [0, 0.1) is 0 Å². The van der Waals surface area contributed by atoms with E-state index in [1.54, 1.807) is 12.1 Å². The molecule has 0 atom stereocenters. The number of H-pyrrole nitrogens is 1. The number of benzene rings is 2. The zero-order valence-electron chi connectivity index (χ0n) is 13.7. The number of hydrogen-bond donors (Lipinski definition) is 3. The molecule has 1 heterocycles. The molecule has 0 radical (unpaired) electrons. The Morgan fingerprint density at radius 3 is 3.00 bits per heavy atom. The molecule has 26 heavy (non-hydrogen) atoms. The van der Waals surface area contributed by atoms with Crippen molar-refractivity contribution in [2.45, 2.75) is 5.16 Å². The number of imidazole rings is 1. The summed E-state index contributed by atoms with van der Waals surface area (Å²) in [6.07, 6.45) is 1.44. The maximum absolute atomic E-state index is 11.9. The van der Waals surface area contributed by atoms with Crippen LogP contribution < -0.4 is 10.2 Å². The quantitative estimate of drug-likeness (QED) is 0.314. The third-order valence-corrected chi connectivity index (χ3v) is 5.14. The number of phenols is 1. The number of hydrazone groups is 1. The topological polar surface area (TPSA) is 99.6 Å². The molecule has 0 aliphatic rings. The highest BCUT2D eigenvalue weighted by Gasteiger charge is 2.10. The van der Waals surface area contributed by atoms with Crippen molar-refractivity contribution in [3.8, 4) is 11.5 Å². The van der Waals surface area contributed by atoms with E-state index in [4.69, 9.17) is 4.74 Å². The van der Waals surface area contributed by atoms with Crippen molar-refractivity contribution < 1.29 is 14.6 Å². The molecule has 1 amide bonds. The summed E-state index contributed by atoms with van der Waals surface area (Å²) in [6.45, 7) is 0. The van der Waals surface area contributed by atoms with Gasteiger partial charge < -0.3 is 14.8 Å².